The SMILES string of the molecule is Oc1ccccc1-c1cccc(-c2cc(Cc3ccccc3)cc(N(c3ccccc3)c3ccccn3)c2)n1. The summed E-state index contributed by atoms with van der Waals surface area (Å²) in [6.07, 6.45) is 2.60. The molecule has 0 spiro atoms. The van der Waals surface area contributed by atoms with Crippen molar-refractivity contribution in [3.63, 3.8) is 0 Å². The Balaban J connectivity index is 1.52. The number of nitrogens with zero attached hydrogens (tertiary/aromatic N) is 3. The van der Waals surface area contributed by atoms with Crippen LogP contribution in [-0.2, 0) is 6.42 Å². The highest BCUT2D eigenvalue weighted by Gasteiger charge is 2.16. The molecule has 0 fully saturated rings. The summed E-state index contributed by atoms with van der Waals surface area (Å²) in [5.74, 6) is 1.05. The van der Waals surface area contributed by atoms with Crippen LogP contribution in [0.25, 0.3) is 22.5 Å². The minimum atomic E-state index is 0.214. The predicted molar refractivity (Wildman–Crippen MR) is 158 cm³/mol. The van der Waals surface area contributed by atoms with E-state index in [1.165, 1.54) is 11.1 Å². The number of phenolic OH excluding ortho intramolecular Hbond substituents is 1. The van der Waals surface area contributed by atoms with Crippen LogP contribution in [0.3, 0.4) is 0 Å². The first-order valence-electron chi connectivity index (χ1n) is 12.9. The van der Waals surface area contributed by atoms with Crippen LogP contribution in [-0.4, -0.2) is 15.1 Å². The van der Waals surface area contributed by atoms with E-state index >= 15 is 0 Å². The van der Waals surface area contributed by atoms with Gasteiger partial charge in [-0.2, -0.15) is 0 Å². The fraction of sp³-hybridized carbons (Fsp3) is 0.0286. The lowest BCUT2D eigenvalue weighted by molar-refractivity contribution is 0.477. The first-order chi connectivity index (χ1) is 19.2. The predicted octanol–water partition coefficient (Wildman–Crippen LogP) is 8.58. The van der Waals surface area contributed by atoms with E-state index in [1.807, 2.05) is 85.1 Å². The van der Waals surface area contributed by atoms with Crippen molar-refractivity contribution in [2.45, 2.75) is 6.42 Å². The van der Waals surface area contributed by atoms with E-state index in [9.17, 15) is 5.11 Å². The third-order valence-electron chi connectivity index (χ3n) is 6.60. The molecule has 0 aliphatic heterocycles. The van der Waals surface area contributed by atoms with Gasteiger partial charge in [-0.15, -0.1) is 0 Å². The molecule has 0 saturated heterocycles. The standard InChI is InChI=1S/C35H27N3O/c39-34-19-8-7-16-31(34)33-18-11-17-32(37-33)28-23-27(22-26-12-3-1-4-13-26)24-30(25-28)38(29-14-5-2-6-15-29)35-20-9-10-21-36-35/h1-21,23-25,39H,22H2. The summed E-state index contributed by atoms with van der Waals surface area (Å²) in [5.41, 5.74) is 7.69. The highest BCUT2D eigenvalue weighted by molar-refractivity contribution is 5.79. The Labute approximate surface area is 228 Å². The van der Waals surface area contributed by atoms with Crippen molar-refractivity contribution in [3.8, 4) is 28.3 Å². The molecule has 0 bridgehead atoms. The van der Waals surface area contributed by atoms with Crippen molar-refractivity contribution in [2.24, 2.45) is 0 Å². The molecule has 188 valence electrons. The van der Waals surface area contributed by atoms with Crippen molar-refractivity contribution in [1.82, 2.24) is 9.97 Å². The van der Waals surface area contributed by atoms with Crippen molar-refractivity contribution >= 4 is 17.2 Å². The molecular weight excluding hydrogens is 478 g/mol. The molecule has 4 nitrogen and oxygen atoms in total. The second-order valence-corrected chi connectivity index (χ2v) is 9.33. The molecule has 0 saturated carbocycles. The van der Waals surface area contributed by atoms with E-state index in [0.29, 0.717) is 5.56 Å². The molecule has 4 heteroatoms. The van der Waals surface area contributed by atoms with Crippen LogP contribution in [0.4, 0.5) is 17.2 Å². The maximum absolute atomic E-state index is 10.4. The molecule has 0 aliphatic carbocycles. The summed E-state index contributed by atoms with van der Waals surface area (Å²) in [4.78, 5) is 11.8. The summed E-state index contributed by atoms with van der Waals surface area (Å²) >= 11 is 0. The van der Waals surface area contributed by atoms with E-state index in [4.69, 9.17) is 9.97 Å². The summed E-state index contributed by atoms with van der Waals surface area (Å²) in [5, 5.41) is 10.4. The molecule has 39 heavy (non-hydrogen) atoms. The number of rotatable bonds is 7. The maximum Gasteiger partial charge on any atom is 0.137 e. The Hall–Kier alpha value is -5.22. The van der Waals surface area contributed by atoms with Gasteiger partial charge >= 0.3 is 0 Å². The minimum absolute atomic E-state index is 0.214. The zero-order valence-corrected chi connectivity index (χ0v) is 21.4. The second kappa shape index (κ2) is 11.0. The number of pyridine rings is 2. The van der Waals surface area contributed by atoms with Gasteiger partial charge < -0.3 is 5.11 Å². The molecule has 1 N–H and O–H groups in total. The van der Waals surface area contributed by atoms with Gasteiger partial charge in [-0.25, -0.2) is 9.97 Å². The molecule has 6 rings (SSSR count). The van der Waals surface area contributed by atoms with Crippen LogP contribution in [0.15, 0.2) is 146 Å². The van der Waals surface area contributed by atoms with Crippen molar-refractivity contribution in [3.05, 3.63) is 157 Å². The fourth-order valence-corrected chi connectivity index (χ4v) is 4.80. The van der Waals surface area contributed by atoms with Gasteiger partial charge in [0.05, 0.1) is 11.4 Å². The smallest absolute Gasteiger partial charge is 0.137 e. The van der Waals surface area contributed by atoms with Crippen molar-refractivity contribution in [1.29, 1.82) is 0 Å². The zero-order valence-electron chi connectivity index (χ0n) is 21.4. The third-order valence-corrected chi connectivity index (χ3v) is 6.60. The number of hydrogen-bond donors (Lipinski definition) is 1. The van der Waals surface area contributed by atoms with Crippen molar-refractivity contribution in [2.75, 3.05) is 4.90 Å². The molecule has 0 aliphatic rings. The van der Waals surface area contributed by atoms with Crippen LogP contribution < -0.4 is 4.90 Å². The van der Waals surface area contributed by atoms with E-state index in [-0.39, 0.29) is 5.75 Å². The van der Waals surface area contributed by atoms with Crippen LogP contribution >= 0.6 is 0 Å². The highest BCUT2D eigenvalue weighted by atomic mass is 16.3. The summed E-state index contributed by atoms with van der Waals surface area (Å²) < 4.78 is 0. The normalized spacial score (nSPS) is 10.8. The van der Waals surface area contributed by atoms with Crippen LogP contribution in [0.2, 0.25) is 0 Å². The Morgan fingerprint density at radius 1 is 0.564 bits per heavy atom. The lowest BCUT2D eigenvalue weighted by atomic mass is 9.99. The second-order valence-electron chi connectivity index (χ2n) is 9.33. The first-order valence-corrected chi connectivity index (χ1v) is 12.9. The number of aromatic hydroxyl groups is 1. The Bertz CT molecular complexity index is 1650. The van der Waals surface area contributed by atoms with Gasteiger partial charge in [0, 0.05) is 28.7 Å². The number of phenols is 1. The topological polar surface area (TPSA) is 49.2 Å². The number of hydrogen-bond acceptors (Lipinski definition) is 4. The van der Waals surface area contributed by atoms with E-state index in [0.717, 1.165) is 40.6 Å². The molecule has 0 amide bonds. The van der Waals surface area contributed by atoms with Crippen LogP contribution in [0, 0.1) is 0 Å². The third kappa shape index (κ3) is 5.41. The minimum Gasteiger partial charge on any atom is -0.507 e. The molecule has 4 aromatic carbocycles. The molecular formula is C35H27N3O. The van der Waals surface area contributed by atoms with Gasteiger partial charge in [0.2, 0.25) is 0 Å². The Morgan fingerprint density at radius 3 is 2.05 bits per heavy atom. The van der Waals surface area contributed by atoms with Gasteiger partial charge in [0.15, 0.2) is 0 Å². The molecule has 2 heterocycles. The quantitative estimate of drug-likeness (QED) is 0.236. The van der Waals surface area contributed by atoms with Gasteiger partial charge in [-0.05, 0) is 84.3 Å². The summed E-state index contributed by atoms with van der Waals surface area (Å²) in [6.45, 7) is 0. The fourth-order valence-electron chi connectivity index (χ4n) is 4.80. The first kappa shape index (κ1) is 24.1. The molecule has 0 atom stereocenters. The Morgan fingerprint density at radius 2 is 1.28 bits per heavy atom. The molecule has 0 unspecified atom stereocenters. The molecule has 2 aromatic heterocycles. The monoisotopic (exact) mass is 505 g/mol. The zero-order chi connectivity index (χ0) is 26.4. The van der Waals surface area contributed by atoms with Gasteiger partial charge in [-0.1, -0.05) is 72.8 Å². The lowest BCUT2D eigenvalue weighted by Crippen LogP contribution is -2.12. The van der Waals surface area contributed by atoms with E-state index < -0.39 is 0 Å². The highest BCUT2D eigenvalue weighted by Crippen LogP contribution is 2.37. The van der Waals surface area contributed by atoms with E-state index in [1.54, 1.807) is 6.07 Å². The molecule has 0 radical (unpaired) electrons. The van der Waals surface area contributed by atoms with Gasteiger partial charge in [-0.3, -0.25) is 4.90 Å². The Kier molecular flexibility index (Phi) is 6.83. The number of benzene rings is 4. The number of anilines is 3. The van der Waals surface area contributed by atoms with Crippen LogP contribution in [0.5, 0.6) is 5.75 Å². The molecule has 6 aromatic rings. The largest absolute Gasteiger partial charge is 0.507 e. The maximum atomic E-state index is 10.4. The van der Waals surface area contributed by atoms with Gasteiger partial charge in [0.25, 0.3) is 0 Å². The summed E-state index contributed by atoms with van der Waals surface area (Å²) in [6, 6.07) is 46.5. The van der Waals surface area contributed by atoms with Gasteiger partial charge in [0.1, 0.15) is 11.6 Å². The number of para-hydroxylation sites is 2. The average molecular weight is 506 g/mol. The van der Waals surface area contributed by atoms with E-state index in [2.05, 4.69) is 59.5 Å². The van der Waals surface area contributed by atoms with Crippen molar-refractivity contribution < 1.29 is 5.11 Å². The lowest BCUT2D eigenvalue weighted by Gasteiger charge is -2.25. The summed E-state index contributed by atoms with van der Waals surface area (Å²) in [7, 11) is 0. The van der Waals surface area contributed by atoms with Crippen LogP contribution in [0.1, 0.15) is 11.1 Å². The number of aromatic nitrogens is 2. The average Bonchev–Trinajstić information content (AvgIpc) is 2.99.